The highest BCUT2D eigenvalue weighted by atomic mass is 32.1. The van der Waals surface area contributed by atoms with Crippen molar-refractivity contribution in [2.24, 2.45) is 0 Å². The predicted molar refractivity (Wildman–Crippen MR) is 58.5 cm³/mol. The lowest BCUT2D eigenvalue weighted by molar-refractivity contribution is 0.202. The Labute approximate surface area is 88.3 Å². The summed E-state index contributed by atoms with van der Waals surface area (Å²) in [6.07, 6.45) is 5.85. The molecule has 1 aliphatic rings. The van der Waals surface area contributed by atoms with Crippen molar-refractivity contribution < 1.29 is 5.11 Å². The van der Waals surface area contributed by atoms with Crippen LogP contribution in [0.1, 0.15) is 30.0 Å². The normalized spacial score (nSPS) is 22.1. The number of rotatable bonds is 2. The van der Waals surface area contributed by atoms with Gasteiger partial charge in [-0.3, -0.25) is 0 Å². The first-order chi connectivity index (χ1) is 6.74. The van der Waals surface area contributed by atoms with Crippen molar-refractivity contribution in [3.05, 3.63) is 27.7 Å². The number of aryl methyl sites for hydroxylation is 1. The molecular weight excluding hydrogens is 194 g/mol. The summed E-state index contributed by atoms with van der Waals surface area (Å²) in [5.41, 5.74) is 2.44. The average molecular weight is 209 g/mol. The smallest absolute Gasteiger partial charge is 0.0968 e. The van der Waals surface area contributed by atoms with Gasteiger partial charge in [0.1, 0.15) is 0 Å². The van der Waals surface area contributed by atoms with Gasteiger partial charge in [0.05, 0.1) is 11.1 Å². The number of aromatic nitrogens is 1. The second-order valence-corrected chi connectivity index (χ2v) is 4.79. The first kappa shape index (κ1) is 9.87. The fourth-order valence-electron chi connectivity index (χ4n) is 1.80. The molecule has 1 aromatic rings. The zero-order valence-corrected chi connectivity index (χ0v) is 9.18. The lowest BCUT2D eigenvalue weighted by atomic mass is 9.96. The molecule has 1 unspecified atom stereocenters. The van der Waals surface area contributed by atoms with Gasteiger partial charge in [-0.05, 0) is 26.2 Å². The minimum Gasteiger partial charge on any atom is -0.389 e. The maximum atomic E-state index is 9.47. The van der Waals surface area contributed by atoms with E-state index < -0.39 is 0 Å². The Morgan fingerprint density at radius 1 is 1.64 bits per heavy atom. The van der Waals surface area contributed by atoms with Crippen molar-refractivity contribution in [2.75, 3.05) is 0 Å². The van der Waals surface area contributed by atoms with Gasteiger partial charge in [0.25, 0.3) is 0 Å². The van der Waals surface area contributed by atoms with Gasteiger partial charge >= 0.3 is 0 Å². The Kier molecular flexibility index (Phi) is 2.99. The van der Waals surface area contributed by atoms with Crippen LogP contribution >= 0.6 is 11.3 Å². The molecule has 1 N–H and O–H groups in total. The third-order valence-corrected chi connectivity index (χ3v) is 3.44. The molecule has 1 aromatic heterocycles. The molecule has 0 spiro atoms. The molecular formula is C11H15NOS. The molecule has 3 heteroatoms. The van der Waals surface area contributed by atoms with Crippen molar-refractivity contribution in [3.63, 3.8) is 0 Å². The van der Waals surface area contributed by atoms with Crippen LogP contribution in [0.2, 0.25) is 0 Å². The van der Waals surface area contributed by atoms with Gasteiger partial charge in [-0.25, -0.2) is 4.98 Å². The summed E-state index contributed by atoms with van der Waals surface area (Å²) in [6, 6.07) is 0. The average Bonchev–Trinajstić information content (AvgIpc) is 2.51. The van der Waals surface area contributed by atoms with Gasteiger partial charge in [-0.1, -0.05) is 11.6 Å². The van der Waals surface area contributed by atoms with Crippen LogP contribution in [-0.4, -0.2) is 16.2 Å². The number of thiazole rings is 1. The van der Waals surface area contributed by atoms with E-state index in [1.54, 1.807) is 11.3 Å². The predicted octanol–water partition coefficient (Wildman–Crippen LogP) is 2.47. The van der Waals surface area contributed by atoms with E-state index in [9.17, 15) is 5.11 Å². The number of allylic oxidation sites excluding steroid dienone is 1. The second-order valence-electron chi connectivity index (χ2n) is 3.84. The number of hydrogen-bond donors (Lipinski definition) is 1. The molecule has 0 saturated carbocycles. The summed E-state index contributed by atoms with van der Waals surface area (Å²) < 4.78 is 0. The topological polar surface area (TPSA) is 33.1 Å². The largest absolute Gasteiger partial charge is 0.389 e. The summed E-state index contributed by atoms with van der Waals surface area (Å²) in [5, 5.41) is 12.7. The summed E-state index contributed by atoms with van der Waals surface area (Å²) in [6.45, 7) is 2.02. The molecule has 0 radical (unpaired) electrons. The zero-order valence-electron chi connectivity index (χ0n) is 8.36. The van der Waals surface area contributed by atoms with Crippen LogP contribution in [0.4, 0.5) is 0 Å². The van der Waals surface area contributed by atoms with Gasteiger partial charge < -0.3 is 5.11 Å². The first-order valence-electron chi connectivity index (χ1n) is 5.02. The van der Waals surface area contributed by atoms with E-state index in [2.05, 4.69) is 10.4 Å². The maximum Gasteiger partial charge on any atom is 0.0968 e. The van der Waals surface area contributed by atoms with Crippen LogP contribution in [0.25, 0.3) is 0 Å². The van der Waals surface area contributed by atoms with Crippen molar-refractivity contribution >= 4 is 11.3 Å². The number of nitrogens with zero attached hydrogens (tertiary/aromatic N) is 1. The highest BCUT2D eigenvalue weighted by molar-refractivity contribution is 7.09. The Hall–Kier alpha value is -0.670. The van der Waals surface area contributed by atoms with Gasteiger partial charge in [0.15, 0.2) is 0 Å². The molecule has 0 fully saturated rings. The zero-order chi connectivity index (χ0) is 9.97. The van der Waals surface area contributed by atoms with E-state index in [1.807, 2.05) is 13.0 Å². The second kappa shape index (κ2) is 4.24. The Morgan fingerprint density at radius 2 is 2.50 bits per heavy atom. The van der Waals surface area contributed by atoms with Crippen LogP contribution < -0.4 is 0 Å². The molecule has 2 nitrogen and oxygen atoms in total. The molecule has 0 aliphatic heterocycles. The maximum absolute atomic E-state index is 9.47. The molecule has 1 atom stereocenters. The van der Waals surface area contributed by atoms with Crippen LogP contribution in [0.5, 0.6) is 0 Å². The number of aliphatic hydroxyl groups excluding tert-OH is 1. The van der Waals surface area contributed by atoms with Crippen molar-refractivity contribution in [3.8, 4) is 0 Å². The van der Waals surface area contributed by atoms with Gasteiger partial charge in [-0.2, -0.15) is 0 Å². The third kappa shape index (κ3) is 2.42. The first-order valence-corrected chi connectivity index (χ1v) is 5.90. The molecule has 2 rings (SSSR count). The summed E-state index contributed by atoms with van der Waals surface area (Å²) >= 11 is 1.71. The Morgan fingerprint density at radius 3 is 3.14 bits per heavy atom. The van der Waals surface area contributed by atoms with Crippen LogP contribution in [0.3, 0.4) is 0 Å². The fourth-order valence-corrected chi connectivity index (χ4v) is 2.63. The molecule has 0 amide bonds. The Balaban J connectivity index is 2.03. The van der Waals surface area contributed by atoms with Crippen molar-refractivity contribution in [1.82, 2.24) is 4.98 Å². The van der Waals surface area contributed by atoms with E-state index in [0.29, 0.717) is 0 Å². The lowest BCUT2D eigenvalue weighted by Crippen LogP contribution is -2.10. The monoisotopic (exact) mass is 209 g/mol. The van der Waals surface area contributed by atoms with E-state index in [-0.39, 0.29) is 6.10 Å². The molecule has 1 aliphatic carbocycles. The van der Waals surface area contributed by atoms with E-state index in [1.165, 1.54) is 10.6 Å². The number of aliphatic hydroxyl groups is 1. The SMILES string of the molecule is Cc1csc(CC2=CC(O)CCC2)n1. The van der Waals surface area contributed by atoms with Gasteiger partial charge in [0.2, 0.25) is 0 Å². The standard InChI is InChI=1S/C11H15NOS/c1-8-7-14-11(12-8)6-9-3-2-4-10(13)5-9/h5,7,10,13H,2-4,6H2,1H3. The molecule has 1 heterocycles. The fraction of sp³-hybridized carbons (Fsp3) is 0.545. The van der Waals surface area contributed by atoms with Gasteiger partial charge in [-0.15, -0.1) is 11.3 Å². The van der Waals surface area contributed by atoms with Gasteiger partial charge in [0, 0.05) is 17.5 Å². The molecule has 0 bridgehead atoms. The number of hydrogen-bond acceptors (Lipinski definition) is 3. The van der Waals surface area contributed by atoms with E-state index >= 15 is 0 Å². The summed E-state index contributed by atoms with van der Waals surface area (Å²) in [5.74, 6) is 0. The van der Waals surface area contributed by atoms with Crippen LogP contribution in [-0.2, 0) is 6.42 Å². The molecule has 76 valence electrons. The highest BCUT2D eigenvalue weighted by Gasteiger charge is 2.12. The minimum absolute atomic E-state index is 0.222. The molecule has 0 saturated heterocycles. The summed E-state index contributed by atoms with van der Waals surface area (Å²) in [4.78, 5) is 4.43. The lowest BCUT2D eigenvalue weighted by Gasteiger charge is -2.15. The Bertz CT molecular complexity index is 343. The van der Waals surface area contributed by atoms with Crippen molar-refractivity contribution in [2.45, 2.75) is 38.7 Å². The van der Waals surface area contributed by atoms with E-state index in [0.717, 1.165) is 31.4 Å². The van der Waals surface area contributed by atoms with E-state index in [4.69, 9.17) is 0 Å². The molecule has 14 heavy (non-hydrogen) atoms. The molecule has 0 aromatic carbocycles. The highest BCUT2D eigenvalue weighted by Crippen LogP contribution is 2.22. The van der Waals surface area contributed by atoms with Crippen molar-refractivity contribution in [1.29, 1.82) is 0 Å². The minimum atomic E-state index is -0.222. The van der Waals surface area contributed by atoms with Crippen LogP contribution in [0.15, 0.2) is 17.0 Å². The third-order valence-electron chi connectivity index (χ3n) is 2.47. The van der Waals surface area contributed by atoms with Crippen LogP contribution in [0, 0.1) is 6.92 Å². The quantitative estimate of drug-likeness (QED) is 0.759. The summed E-state index contributed by atoms with van der Waals surface area (Å²) in [7, 11) is 0.